The van der Waals surface area contributed by atoms with Crippen molar-refractivity contribution in [3.8, 4) is 5.75 Å². The molecule has 3 rings (SSSR count). The number of nitrogens with zero attached hydrogens (tertiary/aromatic N) is 1. The van der Waals surface area contributed by atoms with Crippen LogP contribution in [0, 0.1) is 0 Å². The third kappa shape index (κ3) is 5.90. The molecule has 31 heavy (non-hydrogen) atoms. The van der Waals surface area contributed by atoms with E-state index in [1.165, 1.54) is 28.6 Å². The zero-order valence-corrected chi connectivity index (χ0v) is 17.9. The molecule has 6 nitrogen and oxygen atoms in total. The summed E-state index contributed by atoms with van der Waals surface area (Å²) in [4.78, 5) is 12.2. The maximum atomic E-state index is 12.8. The van der Waals surface area contributed by atoms with Crippen molar-refractivity contribution in [2.45, 2.75) is 30.3 Å². The highest BCUT2D eigenvalue weighted by Crippen LogP contribution is 2.33. The van der Waals surface area contributed by atoms with Gasteiger partial charge in [-0.2, -0.15) is 17.5 Å². The van der Waals surface area contributed by atoms with Crippen LogP contribution in [0.15, 0.2) is 47.4 Å². The highest BCUT2D eigenvalue weighted by Gasteiger charge is 2.31. The van der Waals surface area contributed by atoms with Gasteiger partial charge in [0.25, 0.3) is 5.91 Å². The Morgan fingerprint density at radius 3 is 2.32 bits per heavy atom. The van der Waals surface area contributed by atoms with Crippen LogP contribution < -0.4 is 10.1 Å². The third-order valence-electron chi connectivity index (χ3n) is 4.71. The maximum absolute atomic E-state index is 12.8. The van der Waals surface area contributed by atoms with E-state index < -0.39 is 34.3 Å². The molecular weight excluding hydrogens is 457 g/mol. The Kier molecular flexibility index (Phi) is 7.13. The van der Waals surface area contributed by atoms with E-state index in [0.717, 1.165) is 37.5 Å². The van der Waals surface area contributed by atoms with E-state index in [1.807, 2.05) is 0 Å². The van der Waals surface area contributed by atoms with Crippen LogP contribution in [0.25, 0.3) is 0 Å². The van der Waals surface area contributed by atoms with Crippen LogP contribution in [0.4, 0.5) is 18.9 Å². The Hall–Kier alpha value is -2.30. The quantitative estimate of drug-likeness (QED) is 0.663. The summed E-state index contributed by atoms with van der Waals surface area (Å²) in [5.74, 6) is -0.478. The predicted molar refractivity (Wildman–Crippen MR) is 110 cm³/mol. The highest BCUT2D eigenvalue weighted by molar-refractivity contribution is 7.89. The molecule has 1 heterocycles. The van der Waals surface area contributed by atoms with E-state index in [4.69, 9.17) is 16.3 Å². The van der Waals surface area contributed by atoms with Crippen molar-refractivity contribution in [1.29, 1.82) is 0 Å². The van der Waals surface area contributed by atoms with Crippen LogP contribution in [-0.4, -0.2) is 38.3 Å². The van der Waals surface area contributed by atoms with Crippen molar-refractivity contribution >= 4 is 33.2 Å². The number of carbonyl (C=O) groups excluding carboxylic acids is 1. The lowest BCUT2D eigenvalue weighted by Gasteiger charge is -2.25. The van der Waals surface area contributed by atoms with Crippen molar-refractivity contribution < 1.29 is 31.1 Å². The average Bonchev–Trinajstić information content (AvgIpc) is 2.74. The molecule has 1 saturated heterocycles. The van der Waals surface area contributed by atoms with Gasteiger partial charge in [-0.25, -0.2) is 8.42 Å². The fourth-order valence-corrected chi connectivity index (χ4v) is 4.78. The van der Waals surface area contributed by atoms with Gasteiger partial charge in [-0.1, -0.05) is 18.0 Å². The molecule has 1 N–H and O–H groups in total. The number of nitrogens with one attached hydrogen (secondary N) is 1. The summed E-state index contributed by atoms with van der Waals surface area (Å²) in [7, 11) is -3.58. The SMILES string of the molecule is O=C(COc1ccc(S(=O)(=O)N2CCCCC2)cc1)Nc1cc(C(F)(F)F)ccc1Cl. The number of halogens is 4. The maximum Gasteiger partial charge on any atom is 0.416 e. The Morgan fingerprint density at radius 1 is 1.06 bits per heavy atom. The molecular formula is C20H20ClF3N2O4S. The van der Waals surface area contributed by atoms with Gasteiger partial charge in [0.15, 0.2) is 6.61 Å². The molecule has 1 aliphatic rings. The first kappa shape index (κ1) is 23.4. The van der Waals surface area contributed by atoms with E-state index in [2.05, 4.69) is 5.32 Å². The second kappa shape index (κ2) is 9.46. The number of benzene rings is 2. The van der Waals surface area contributed by atoms with Crippen molar-refractivity contribution in [3.63, 3.8) is 0 Å². The van der Waals surface area contributed by atoms with Gasteiger partial charge in [-0.05, 0) is 55.3 Å². The molecule has 11 heteroatoms. The largest absolute Gasteiger partial charge is 0.484 e. The topological polar surface area (TPSA) is 75.7 Å². The summed E-state index contributed by atoms with van der Waals surface area (Å²) in [6.45, 7) is 0.475. The molecule has 2 aromatic rings. The number of hydrogen-bond donors (Lipinski definition) is 1. The highest BCUT2D eigenvalue weighted by atomic mass is 35.5. The van der Waals surface area contributed by atoms with E-state index in [-0.39, 0.29) is 21.4 Å². The fraction of sp³-hybridized carbons (Fsp3) is 0.350. The van der Waals surface area contributed by atoms with Gasteiger partial charge in [-0.3, -0.25) is 4.79 Å². The lowest BCUT2D eigenvalue weighted by molar-refractivity contribution is -0.137. The molecule has 0 atom stereocenters. The second-order valence-electron chi connectivity index (χ2n) is 6.97. The summed E-state index contributed by atoms with van der Waals surface area (Å²) in [5.41, 5.74) is -1.13. The Balaban J connectivity index is 1.60. The standard InChI is InChI=1S/C20H20ClF3N2O4S/c21-17-9-4-14(20(22,23)24)12-18(17)25-19(27)13-30-15-5-7-16(8-6-15)31(28,29)26-10-2-1-3-11-26/h4-9,12H,1-3,10-11,13H2,(H,25,27). The molecule has 0 bridgehead atoms. The number of anilines is 1. The van der Waals surface area contributed by atoms with E-state index >= 15 is 0 Å². The van der Waals surface area contributed by atoms with Gasteiger partial charge in [0, 0.05) is 13.1 Å². The molecule has 0 aliphatic carbocycles. The van der Waals surface area contributed by atoms with Gasteiger partial charge in [0.1, 0.15) is 5.75 Å². The predicted octanol–water partition coefficient (Wildman–Crippen LogP) is 4.55. The number of sulfonamides is 1. The molecule has 0 saturated carbocycles. The minimum Gasteiger partial charge on any atom is -0.484 e. The molecule has 2 aromatic carbocycles. The minimum absolute atomic E-state index is 0.0476. The van der Waals surface area contributed by atoms with Gasteiger partial charge in [0.05, 0.1) is 21.2 Å². The van der Waals surface area contributed by atoms with Gasteiger partial charge >= 0.3 is 6.18 Å². The van der Waals surface area contributed by atoms with Crippen LogP contribution >= 0.6 is 11.6 Å². The van der Waals surface area contributed by atoms with Crippen molar-refractivity contribution in [2.75, 3.05) is 25.0 Å². The van der Waals surface area contributed by atoms with Crippen molar-refractivity contribution in [3.05, 3.63) is 53.1 Å². The summed E-state index contributed by atoms with van der Waals surface area (Å²) in [6, 6.07) is 8.21. The first-order valence-electron chi connectivity index (χ1n) is 9.47. The first-order valence-corrected chi connectivity index (χ1v) is 11.3. The number of alkyl halides is 3. The van der Waals surface area contributed by atoms with Gasteiger partial charge in [-0.15, -0.1) is 0 Å². The molecule has 1 fully saturated rings. The third-order valence-corrected chi connectivity index (χ3v) is 6.96. The van der Waals surface area contributed by atoms with Crippen molar-refractivity contribution in [1.82, 2.24) is 4.31 Å². The first-order chi connectivity index (χ1) is 14.6. The number of ether oxygens (including phenoxy) is 1. The number of amides is 1. The van der Waals surface area contributed by atoms with Crippen LogP contribution in [0.1, 0.15) is 24.8 Å². The Morgan fingerprint density at radius 2 is 1.71 bits per heavy atom. The van der Waals surface area contributed by atoms with Crippen LogP contribution in [0.5, 0.6) is 5.75 Å². The van der Waals surface area contributed by atoms with Gasteiger partial charge < -0.3 is 10.1 Å². The Labute approximate surface area is 183 Å². The number of piperidine rings is 1. The smallest absolute Gasteiger partial charge is 0.416 e. The molecule has 0 unspecified atom stereocenters. The molecule has 1 amide bonds. The number of carbonyl (C=O) groups is 1. The van der Waals surface area contributed by atoms with Crippen LogP contribution in [-0.2, 0) is 21.0 Å². The Bertz CT molecular complexity index is 1040. The van der Waals surface area contributed by atoms with E-state index in [9.17, 15) is 26.4 Å². The van der Waals surface area contributed by atoms with E-state index in [1.54, 1.807) is 0 Å². The average molecular weight is 477 g/mol. The van der Waals surface area contributed by atoms with Gasteiger partial charge in [0.2, 0.25) is 10.0 Å². The molecule has 0 radical (unpaired) electrons. The lowest BCUT2D eigenvalue weighted by atomic mass is 10.2. The molecule has 168 valence electrons. The zero-order valence-electron chi connectivity index (χ0n) is 16.3. The van der Waals surface area contributed by atoms with Crippen LogP contribution in [0.2, 0.25) is 5.02 Å². The fourth-order valence-electron chi connectivity index (χ4n) is 3.09. The summed E-state index contributed by atoms with van der Waals surface area (Å²) in [6.07, 6.45) is -1.92. The number of rotatable bonds is 6. The lowest BCUT2D eigenvalue weighted by Crippen LogP contribution is -2.35. The zero-order chi connectivity index (χ0) is 22.6. The molecule has 1 aliphatic heterocycles. The monoisotopic (exact) mass is 476 g/mol. The van der Waals surface area contributed by atoms with E-state index in [0.29, 0.717) is 13.1 Å². The molecule has 0 spiro atoms. The minimum atomic E-state index is -4.57. The normalized spacial score (nSPS) is 15.5. The summed E-state index contributed by atoms with van der Waals surface area (Å²) < 4.78 is 70.4. The van der Waals surface area contributed by atoms with Crippen molar-refractivity contribution in [2.24, 2.45) is 0 Å². The number of hydrogen-bond acceptors (Lipinski definition) is 4. The van der Waals surface area contributed by atoms with Crippen LogP contribution in [0.3, 0.4) is 0 Å². The second-order valence-corrected chi connectivity index (χ2v) is 9.31. The molecule has 0 aromatic heterocycles. The summed E-state index contributed by atoms with van der Waals surface area (Å²) >= 11 is 5.85. The summed E-state index contributed by atoms with van der Waals surface area (Å²) in [5, 5.41) is 2.23.